The number of thiol groups is 1. The fraction of sp³-hybridized carbons (Fsp3) is 0.500. The van der Waals surface area contributed by atoms with Gasteiger partial charge in [-0.15, -0.1) is 0 Å². The van der Waals surface area contributed by atoms with Crippen LogP contribution in [0, 0.1) is 5.41 Å². The summed E-state index contributed by atoms with van der Waals surface area (Å²) >= 11 is 3.34. The number of carbonyl (C=O) groups excluding carboxylic acids is 1. The lowest BCUT2D eigenvalue weighted by Gasteiger charge is -1.79. The molecule has 48 valence electrons. The van der Waals surface area contributed by atoms with Gasteiger partial charge in [-0.3, -0.25) is 9.52 Å². The highest BCUT2D eigenvalue weighted by Crippen LogP contribution is 1.55. The number of amides is 1. The zero-order valence-corrected chi connectivity index (χ0v) is 5.83. The summed E-state index contributed by atoms with van der Waals surface area (Å²) in [6, 6.07) is 0. The van der Waals surface area contributed by atoms with Crippen molar-refractivity contribution in [2.24, 2.45) is 0 Å². The Labute approximate surface area is 54.5 Å². The predicted molar refractivity (Wildman–Crippen MR) is 37.3 cm³/mol. The van der Waals surface area contributed by atoms with Gasteiger partial charge < -0.3 is 5.41 Å². The summed E-state index contributed by atoms with van der Waals surface area (Å²) in [7, 11) is 0. The van der Waals surface area contributed by atoms with Gasteiger partial charge in [-0.25, -0.2) is 0 Å². The van der Waals surface area contributed by atoms with E-state index in [-0.39, 0.29) is 0 Å². The quantitative estimate of drug-likeness (QED) is 0.357. The first-order valence-electron chi connectivity index (χ1n) is 2.26. The Morgan fingerprint density at radius 3 is 2.12 bits per heavy atom. The van der Waals surface area contributed by atoms with Gasteiger partial charge in [0.1, 0.15) is 0 Å². The summed E-state index contributed by atoms with van der Waals surface area (Å²) in [6.45, 7) is 4.00. The Balaban J connectivity index is 0. The molecule has 2 N–H and O–H groups in total. The van der Waals surface area contributed by atoms with E-state index >= 15 is 0 Å². The lowest BCUT2D eigenvalue weighted by Crippen LogP contribution is -2.11. The van der Waals surface area contributed by atoms with Crippen LogP contribution in [-0.4, -0.2) is 12.1 Å². The van der Waals surface area contributed by atoms with Gasteiger partial charge in [0.2, 0.25) is 0 Å². The number of hydrogen-bond acceptors (Lipinski definition) is 3. The van der Waals surface area contributed by atoms with Crippen LogP contribution < -0.4 is 4.72 Å². The molecule has 4 heteroatoms. The lowest BCUT2D eigenvalue weighted by molar-refractivity contribution is -0.112. The predicted octanol–water partition coefficient (Wildman–Crippen LogP) is 0.623. The number of hydrogen-bond donors (Lipinski definition) is 3. The highest BCUT2D eigenvalue weighted by Gasteiger charge is 1.82. The molecule has 0 aromatic carbocycles. The molecule has 0 aliphatic rings. The summed E-state index contributed by atoms with van der Waals surface area (Å²) in [5, 5.41) is 6.22. The molecule has 0 aromatic heterocycles. The third-order valence-corrected chi connectivity index (χ3v) is 0.462. The molecule has 1 amide bonds. The monoisotopic (exact) mass is 134 g/mol. The van der Waals surface area contributed by atoms with E-state index in [0.717, 1.165) is 0 Å². The normalized spacial score (nSPS) is 5.88. The van der Waals surface area contributed by atoms with Gasteiger partial charge in [-0.1, -0.05) is 26.7 Å². The maximum Gasteiger partial charge on any atom is 0.271 e. The largest absolute Gasteiger partial charge is 0.303 e. The van der Waals surface area contributed by atoms with Gasteiger partial charge >= 0.3 is 0 Å². The van der Waals surface area contributed by atoms with E-state index in [1.807, 2.05) is 18.6 Å². The maximum absolute atomic E-state index is 9.75. The molecular weight excluding hydrogens is 124 g/mol. The number of nitrogens with one attached hydrogen (secondary N) is 2. The van der Waals surface area contributed by atoms with Crippen LogP contribution in [0.5, 0.6) is 0 Å². The standard InChI is InChI=1S/C2H4N2OS.C2H6/c3-1-2(5)4-6;1-2/h1,3,6H,(H,4,5);1-2H3. The molecule has 0 saturated heterocycles. The Hall–Kier alpha value is -0.510. The summed E-state index contributed by atoms with van der Waals surface area (Å²) in [5.74, 6) is -0.502. The first-order valence-corrected chi connectivity index (χ1v) is 2.70. The molecule has 0 rings (SSSR count). The van der Waals surface area contributed by atoms with Crippen molar-refractivity contribution in [2.75, 3.05) is 0 Å². The van der Waals surface area contributed by atoms with E-state index in [1.54, 1.807) is 0 Å². The second-order valence-electron chi connectivity index (χ2n) is 0.620. The van der Waals surface area contributed by atoms with Crippen LogP contribution in [0.1, 0.15) is 13.8 Å². The topological polar surface area (TPSA) is 53.0 Å². The smallest absolute Gasteiger partial charge is 0.271 e. The van der Waals surface area contributed by atoms with Crippen LogP contribution in [0.2, 0.25) is 0 Å². The molecule has 3 nitrogen and oxygen atoms in total. The molecule has 8 heavy (non-hydrogen) atoms. The van der Waals surface area contributed by atoms with Gasteiger partial charge in [-0.05, 0) is 0 Å². The van der Waals surface area contributed by atoms with Crippen LogP contribution in [-0.2, 0) is 4.79 Å². The van der Waals surface area contributed by atoms with Crippen molar-refractivity contribution in [2.45, 2.75) is 13.8 Å². The first-order chi connectivity index (χ1) is 3.81. The fourth-order valence-electron chi connectivity index (χ4n) is 0.0323. The Morgan fingerprint density at radius 2 is 2.12 bits per heavy atom. The lowest BCUT2D eigenvalue weighted by atomic mass is 10.7. The molecular formula is C4H10N2OS. The maximum atomic E-state index is 9.75. The summed E-state index contributed by atoms with van der Waals surface area (Å²) < 4.78 is 1.93. The molecule has 0 spiro atoms. The number of rotatable bonds is 1. The highest BCUT2D eigenvalue weighted by atomic mass is 32.1. The third kappa shape index (κ3) is 9.09. The molecule has 0 bridgehead atoms. The molecule has 0 unspecified atom stereocenters. The zero-order valence-electron chi connectivity index (χ0n) is 4.93. The van der Waals surface area contributed by atoms with Gasteiger partial charge in [0.15, 0.2) is 0 Å². The average Bonchev–Trinajstić information content (AvgIpc) is 1.91. The van der Waals surface area contributed by atoms with E-state index < -0.39 is 5.91 Å². The van der Waals surface area contributed by atoms with E-state index in [0.29, 0.717) is 6.21 Å². The molecule has 0 aliphatic carbocycles. The molecule has 0 aliphatic heterocycles. The average molecular weight is 134 g/mol. The van der Waals surface area contributed by atoms with Crippen molar-refractivity contribution >= 4 is 24.9 Å². The van der Waals surface area contributed by atoms with Crippen LogP contribution >= 0.6 is 12.8 Å². The van der Waals surface area contributed by atoms with Crippen molar-refractivity contribution in [3.63, 3.8) is 0 Å². The molecule has 0 saturated carbocycles. The van der Waals surface area contributed by atoms with Crippen molar-refractivity contribution in [1.82, 2.24) is 4.72 Å². The van der Waals surface area contributed by atoms with Crippen LogP contribution in [0.3, 0.4) is 0 Å². The van der Waals surface area contributed by atoms with Gasteiger partial charge in [-0.2, -0.15) is 0 Å². The minimum Gasteiger partial charge on any atom is -0.303 e. The molecule has 0 heterocycles. The SMILES string of the molecule is CC.N=CC(=O)NS. The summed E-state index contributed by atoms with van der Waals surface area (Å²) in [5.41, 5.74) is 0. The minimum atomic E-state index is -0.502. The Morgan fingerprint density at radius 1 is 1.75 bits per heavy atom. The number of carbonyl (C=O) groups is 1. The van der Waals surface area contributed by atoms with Crippen LogP contribution in [0.25, 0.3) is 0 Å². The highest BCUT2D eigenvalue weighted by molar-refractivity contribution is 7.78. The molecule has 0 atom stereocenters. The van der Waals surface area contributed by atoms with Crippen molar-refractivity contribution in [1.29, 1.82) is 5.41 Å². The third-order valence-electron chi connectivity index (χ3n) is 0.241. The zero-order chi connectivity index (χ0) is 6.99. The summed E-state index contributed by atoms with van der Waals surface area (Å²) in [4.78, 5) is 9.75. The van der Waals surface area contributed by atoms with E-state index in [2.05, 4.69) is 12.8 Å². The van der Waals surface area contributed by atoms with Crippen LogP contribution in [0.4, 0.5) is 0 Å². The first kappa shape index (κ1) is 10.5. The summed E-state index contributed by atoms with van der Waals surface area (Å²) in [6.07, 6.45) is 0.646. The van der Waals surface area contributed by atoms with E-state index in [1.165, 1.54) is 0 Å². The van der Waals surface area contributed by atoms with E-state index in [9.17, 15) is 4.79 Å². The molecule has 0 radical (unpaired) electrons. The van der Waals surface area contributed by atoms with Crippen molar-refractivity contribution < 1.29 is 4.79 Å². The van der Waals surface area contributed by atoms with Gasteiger partial charge in [0.05, 0.1) is 6.21 Å². The molecule has 0 fully saturated rings. The van der Waals surface area contributed by atoms with E-state index in [4.69, 9.17) is 5.41 Å². The van der Waals surface area contributed by atoms with Gasteiger partial charge in [0.25, 0.3) is 5.91 Å². The van der Waals surface area contributed by atoms with Gasteiger partial charge in [0, 0.05) is 0 Å². The second kappa shape index (κ2) is 9.70. The second-order valence-corrected chi connectivity index (χ2v) is 0.844. The Bertz CT molecular complexity index is 74.4. The van der Waals surface area contributed by atoms with Crippen molar-refractivity contribution in [3.8, 4) is 0 Å². The fourth-order valence-corrected chi connectivity index (χ4v) is 0.0968. The Kier molecular flexibility index (Phi) is 12.7. The van der Waals surface area contributed by atoms with Crippen LogP contribution in [0.15, 0.2) is 0 Å². The minimum absolute atomic E-state index is 0.502. The molecule has 0 aromatic rings. The van der Waals surface area contributed by atoms with Crippen molar-refractivity contribution in [3.05, 3.63) is 0 Å².